The fourth-order valence-corrected chi connectivity index (χ4v) is 3.66. The van der Waals surface area contributed by atoms with E-state index in [4.69, 9.17) is 5.73 Å². The number of nitrogen functional groups attached to an aromatic ring is 1. The second kappa shape index (κ2) is 5.22. The third-order valence-electron chi connectivity index (χ3n) is 2.45. The van der Waals surface area contributed by atoms with Crippen molar-refractivity contribution >= 4 is 37.3 Å². The van der Waals surface area contributed by atoms with E-state index in [1.54, 1.807) is 16.9 Å². The highest BCUT2D eigenvalue weighted by molar-refractivity contribution is 9.10. The first kappa shape index (κ1) is 13.9. The van der Waals surface area contributed by atoms with Crippen LogP contribution in [0.3, 0.4) is 0 Å². The number of nitrogens with two attached hydrogens (primary N) is 1. The molecule has 0 atom stereocenters. The number of rotatable bonds is 4. The van der Waals surface area contributed by atoms with Crippen LogP contribution in [-0.2, 0) is 16.6 Å². The molecular formula is C11H13BrN4O2S. The van der Waals surface area contributed by atoms with Crippen LogP contribution in [0, 0.1) is 0 Å². The zero-order valence-electron chi connectivity index (χ0n) is 10.2. The summed E-state index contributed by atoms with van der Waals surface area (Å²) in [5.74, 6) is 0. The Morgan fingerprint density at radius 3 is 2.79 bits per heavy atom. The molecule has 2 aromatic rings. The van der Waals surface area contributed by atoms with Gasteiger partial charge in [0.05, 0.1) is 11.9 Å². The Morgan fingerprint density at radius 2 is 2.21 bits per heavy atom. The molecule has 0 saturated carbocycles. The average Bonchev–Trinajstić information content (AvgIpc) is 2.75. The minimum Gasteiger partial charge on any atom is -0.399 e. The minimum absolute atomic E-state index is 0.131. The zero-order chi connectivity index (χ0) is 14.0. The maximum Gasteiger partial charge on any atom is 0.263 e. The van der Waals surface area contributed by atoms with E-state index in [0.717, 1.165) is 0 Å². The van der Waals surface area contributed by atoms with Gasteiger partial charge in [-0.05, 0) is 41.1 Å². The molecule has 1 aromatic heterocycles. The number of benzene rings is 1. The van der Waals surface area contributed by atoms with Gasteiger partial charge in [0.1, 0.15) is 4.90 Å². The number of hydrogen-bond acceptors (Lipinski definition) is 4. The molecule has 3 N–H and O–H groups in total. The van der Waals surface area contributed by atoms with Gasteiger partial charge in [-0.1, -0.05) is 0 Å². The zero-order valence-corrected chi connectivity index (χ0v) is 12.6. The third kappa shape index (κ3) is 3.07. The summed E-state index contributed by atoms with van der Waals surface area (Å²) in [7, 11) is -3.66. The first-order valence-corrected chi connectivity index (χ1v) is 7.80. The molecule has 0 aliphatic carbocycles. The van der Waals surface area contributed by atoms with Crippen LogP contribution in [0.25, 0.3) is 0 Å². The molecule has 0 fully saturated rings. The normalized spacial score (nSPS) is 11.5. The van der Waals surface area contributed by atoms with Gasteiger partial charge >= 0.3 is 0 Å². The van der Waals surface area contributed by atoms with Gasteiger partial charge in [0.15, 0.2) is 0 Å². The summed E-state index contributed by atoms with van der Waals surface area (Å²) in [6, 6.07) is 4.53. The van der Waals surface area contributed by atoms with Crippen molar-refractivity contribution in [3.05, 3.63) is 35.1 Å². The fourth-order valence-electron chi connectivity index (χ4n) is 1.53. The Bertz CT molecular complexity index is 696. The maximum absolute atomic E-state index is 12.2. The van der Waals surface area contributed by atoms with E-state index in [9.17, 15) is 8.42 Å². The Morgan fingerprint density at radius 1 is 1.47 bits per heavy atom. The van der Waals surface area contributed by atoms with Gasteiger partial charge in [-0.3, -0.25) is 9.40 Å². The topological polar surface area (TPSA) is 90.0 Å². The van der Waals surface area contributed by atoms with Crippen LogP contribution in [0.5, 0.6) is 0 Å². The molecule has 0 bridgehead atoms. The summed E-state index contributed by atoms with van der Waals surface area (Å²) in [6.07, 6.45) is 3.09. The Hall–Kier alpha value is -1.54. The highest BCUT2D eigenvalue weighted by Gasteiger charge is 2.18. The van der Waals surface area contributed by atoms with Crippen molar-refractivity contribution in [1.82, 2.24) is 9.78 Å². The van der Waals surface area contributed by atoms with E-state index in [1.165, 1.54) is 18.3 Å². The maximum atomic E-state index is 12.2. The van der Waals surface area contributed by atoms with Crippen molar-refractivity contribution in [2.24, 2.45) is 0 Å². The molecule has 0 aliphatic rings. The molecule has 0 saturated heterocycles. The summed E-state index contributed by atoms with van der Waals surface area (Å²) < 4.78 is 28.9. The molecule has 0 aliphatic heterocycles. The SMILES string of the molecule is CCn1cc(NS(=O)(=O)c2ccc(N)cc2Br)cn1. The van der Waals surface area contributed by atoms with Gasteiger partial charge in [0.2, 0.25) is 0 Å². The smallest absolute Gasteiger partial charge is 0.263 e. The van der Waals surface area contributed by atoms with E-state index in [0.29, 0.717) is 22.4 Å². The molecule has 19 heavy (non-hydrogen) atoms. The lowest BCUT2D eigenvalue weighted by Gasteiger charge is -2.08. The Balaban J connectivity index is 2.32. The molecule has 6 nitrogen and oxygen atoms in total. The minimum atomic E-state index is -3.66. The second-order valence-electron chi connectivity index (χ2n) is 3.88. The van der Waals surface area contributed by atoms with E-state index in [2.05, 4.69) is 25.8 Å². The highest BCUT2D eigenvalue weighted by Crippen LogP contribution is 2.26. The van der Waals surface area contributed by atoms with Crippen molar-refractivity contribution in [3.63, 3.8) is 0 Å². The van der Waals surface area contributed by atoms with E-state index < -0.39 is 10.0 Å². The lowest BCUT2D eigenvalue weighted by Crippen LogP contribution is -2.13. The molecule has 0 amide bonds. The molecule has 2 rings (SSSR count). The number of aryl methyl sites for hydroxylation is 1. The van der Waals surface area contributed by atoms with E-state index in [1.807, 2.05) is 6.92 Å². The van der Waals surface area contributed by atoms with Gasteiger partial charge in [-0.2, -0.15) is 5.10 Å². The van der Waals surface area contributed by atoms with Crippen molar-refractivity contribution in [2.45, 2.75) is 18.4 Å². The summed E-state index contributed by atoms with van der Waals surface area (Å²) in [4.78, 5) is 0.131. The van der Waals surface area contributed by atoms with Crippen molar-refractivity contribution in [3.8, 4) is 0 Å². The molecule has 1 heterocycles. The lowest BCUT2D eigenvalue weighted by atomic mass is 10.3. The van der Waals surface area contributed by atoms with Gasteiger partial charge < -0.3 is 5.73 Å². The Labute approximate surface area is 119 Å². The quantitative estimate of drug-likeness (QED) is 0.830. The van der Waals surface area contributed by atoms with Crippen molar-refractivity contribution in [2.75, 3.05) is 10.5 Å². The summed E-state index contributed by atoms with van der Waals surface area (Å²) in [5, 5.41) is 4.01. The van der Waals surface area contributed by atoms with Crippen molar-refractivity contribution < 1.29 is 8.42 Å². The number of nitrogens with zero attached hydrogens (tertiary/aromatic N) is 2. The van der Waals surface area contributed by atoms with Crippen LogP contribution in [0.15, 0.2) is 40.0 Å². The molecule has 1 aromatic carbocycles. The Kier molecular flexibility index (Phi) is 3.81. The standard InChI is InChI=1S/C11H13BrN4O2S/c1-2-16-7-9(6-14-16)15-19(17,18)11-4-3-8(13)5-10(11)12/h3-7,15H,2,13H2,1H3. The van der Waals surface area contributed by atoms with Gasteiger partial charge in [-0.15, -0.1) is 0 Å². The molecule has 0 radical (unpaired) electrons. The highest BCUT2D eigenvalue weighted by atomic mass is 79.9. The predicted molar refractivity (Wildman–Crippen MR) is 77.3 cm³/mol. The lowest BCUT2D eigenvalue weighted by molar-refractivity contribution is 0.601. The fraction of sp³-hybridized carbons (Fsp3) is 0.182. The molecular weight excluding hydrogens is 332 g/mol. The monoisotopic (exact) mass is 344 g/mol. The third-order valence-corrected chi connectivity index (χ3v) is 4.81. The van der Waals surface area contributed by atoms with Crippen LogP contribution < -0.4 is 10.5 Å². The number of nitrogens with one attached hydrogen (secondary N) is 1. The number of sulfonamides is 1. The number of hydrogen-bond donors (Lipinski definition) is 2. The van der Waals surface area contributed by atoms with Gasteiger partial charge in [0.25, 0.3) is 10.0 Å². The average molecular weight is 345 g/mol. The number of aromatic nitrogens is 2. The summed E-state index contributed by atoms with van der Waals surface area (Å²) in [6.45, 7) is 2.59. The van der Waals surface area contributed by atoms with Crippen LogP contribution in [0.1, 0.15) is 6.92 Å². The van der Waals surface area contributed by atoms with Gasteiger partial charge in [-0.25, -0.2) is 8.42 Å². The molecule has 0 unspecified atom stereocenters. The number of anilines is 2. The van der Waals surface area contributed by atoms with Gasteiger partial charge in [0, 0.05) is 22.9 Å². The largest absolute Gasteiger partial charge is 0.399 e. The van der Waals surface area contributed by atoms with Crippen LogP contribution in [0.2, 0.25) is 0 Å². The molecule has 8 heteroatoms. The summed E-state index contributed by atoms with van der Waals surface area (Å²) in [5.41, 5.74) is 6.50. The van der Waals surface area contributed by atoms with E-state index in [-0.39, 0.29) is 4.90 Å². The van der Waals surface area contributed by atoms with Crippen LogP contribution in [0.4, 0.5) is 11.4 Å². The van der Waals surface area contributed by atoms with Crippen molar-refractivity contribution in [1.29, 1.82) is 0 Å². The molecule has 102 valence electrons. The second-order valence-corrected chi connectivity index (χ2v) is 6.39. The predicted octanol–water partition coefficient (Wildman–Crippen LogP) is 2.05. The van der Waals surface area contributed by atoms with E-state index >= 15 is 0 Å². The first-order chi connectivity index (χ1) is 8.92. The van der Waals surface area contributed by atoms with Crippen LogP contribution in [-0.4, -0.2) is 18.2 Å². The molecule has 0 spiro atoms. The first-order valence-electron chi connectivity index (χ1n) is 5.52. The number of halogens is 1. The van der Waals surface area contributed by atoms with Crippen LogP contribution >= 0.6 is 15.9 Å². The summed E-state index contributed by atoms with van der Waals surface area (Å²) >= 11 is 3.20.